The molecule has 1 saturated heterocycles. The minimum atomic E-state index is 0.0301. The smallest absolute Gasteiger partial charge is 0.252 e. The molecular weight excluding hydrogens is 388 g/mol. The van der Waals surface area contributed by atoms with Crippen LogP contribution in [0.1, 0.15) is 36.1 Å². The van der Waals surface area contributed by atoms with Crippen LogP contribution in [0.15, 0.2) is 48.5 Å². The van der Waals surface area contributed by atoms with Crippen molar-refractivity contribution in [2.45, 2.75) is 39.8 Å². The van der Waals surface area contributed by atoms with Crippen molar-refractivity contribution in [3.8, 4) is 0 Å². The Labute approximate surface area is 176 Å². The Bertz CT molecular complexity index is 723. The quantitative estimate of drug-likeness (QED) is 0.556. The first-order chi connectivity index (χ1) is 13.7. The highest BCUT2D eigenvalue weighted by atomic mass is 32.2. The number of hydrogen-bond donors (Lipinski definition) is 2. The van der Waals surface area contributed by atoms with Crippen LogP contribution < -0.4 is 9.44 Å². The largest absolute Gasteiger partial charge is 0.342 e. The zero-order valence-electron chi connectivity index (χ0n) is 16.5. The summed E-state index contributed by atoms with van der Waals surface area (Å²) in [4.78, 5) is 12.6. The Morgan fingerprint density at radius 3 is 1.54 bits per heavy atom. The normalized spacial score (nSPS) is 14.1. The van der Waals surface area contributed by atoms with Crippen LogP contribution in [0.5, 0.6) is 0 Å². The van der Waals surface area contributed by atoms with Gasteiger partial charge in [-0.15, -0.1) is 0 Å². The number of urea groups is 1. The third-order valence-corrected chi connectivity index (χ3v) is 6.47. The van der Waals surface area contributed by atoms with E-state index < -0.39 is 0 Å². The summed E-state index contributed by atoms with van der Waals surface area (Å²) < 4.78 is 10.2. The molecule has 0 unspecified atom stereocenters. The van der Waals surface area contributed by atoms with Gasteiger partial charge < -0.3 is 0 Å². The number of hydrogen-bond acceptors (Lipinski definition) is 5. The van der Waals surface area contributed by atoms with E-state index in [1.807, 2.05) is 0 Å². The van der Waals surface area contributed by atoms with Crippen LogP contribution >= 0.6 is 24.3 Å². The number of nitrogens with zero attached hydrogens (tertiary/aromatic N) is 2. The van der Waals surface area contributed by atoms with E-state index in [-0.39, 0.29) is 6.03 Å². The molecule has 1 fully saturated rings. The number of nitrogens with one attached hydrogen (secondary N) is 2. The van der Waals surface area contributed by atoms with Crippen molar-refractivity contribution in [2.24, 2.45) is 0 Å². The van der Waals surface area contributed by atoms with Gasteiger partial charge in [-0.05, 0) is 35.1 Å². The van der Waals surface area contributed by atoms with Crippen LogP contribution in [-0.4, -0.2) is 27.7 Å². The monoisotopic (exact) mass is 416 g/mol. The van der Waals surface area contributed by atoms with E-state index in [1.165, 1.54) is 46.5 Å². The van der Waals surface area contributed by atoms with Crippen molar-refractivity contribution in [3.63, 3.8) is 0 Å². The maximum atomic E-state index is 12.6. The number of benzene rings is 2. The summed E-state index contributed by atoms with van der Waals surface area (Å²) >= 11 is 2.79. The summed E-state index contributed by atoms with van der Waals surface area (Å²) in [5.41, 5.74) is 5.26. The number of aryl methyl sites for hydroxylation is 2. The molecule has 1 heterocycles. The van der Waals surface area contributed by atoms with Gasteiger partial charge in [0.2, 0.25) is 0 Å². The van der Waals surface area contributed by atoms with Gasteiger partial charge in [-0.1, -0.05) is 62.4 Å². The van der Waals surface area contributed by atoms with Gasteiger partial charge in [0.25, 0.3) is 0 Å². The minimum absolute atomic E-state index is 0.0301. The van der Waals surface area contributed by atoms with Gasteiger partial charge in [-0.25, -0.2) is 14.2 Å². The van der Waals surface area contributed by atoms with E-state index in [1.54, 1.807) is 8.61 Å². The summed E-state index contributed by atoms with van der Waals surface area (Å²) in [5, 5.41) is 0. The van der Waals surface area contributed by atoms with Crippen LogP contribution in [0.2, 0.25) is 0 Å². The first-order valence-electron chi connectivity index (χ1n) is 9.75. The molecule has 1 aliphatic heterocycles. The third-order valence-electron chi connectivity index (χ3n) is 4.81. The first kappa shape index (κ1) is 21.0. The predicted octanol–water partition coefficient (Wildman–Crippen LogP) is 4.55. The van der Waals surface area contributed by atoms with Crippen molar-refractivity contribution >= 4 is 30.3 Å². The summed E-state index contributed by atoms with van der Waals surface area (Å²) in [5.74, 6) is 0. The molecule has 0 aromatic heterocycles. The van der Waals surface area contributed by atoms with Crippen molar-refractivity contribution in [3.05, 3.63) is 70.8 Å². The van der Waals surface area contributed by atoms with Gasteiger partial charge in [-0.3, -0.25) is 8.61 Å². The van der Waals surface area contributed by atoms with Crippen LogP contribution in [0, 0.1) is 0 Å². The Kier molecular flexibility index (Phi) is 8.09. The molecule has 5 nitrogen and oxygen atoms in total. The number of carbonyl (C=O) groups excluding carboxylic acids is 1. The number of carbonyl (C=O) groups is 1. The fraction of sp³-hybridized carbons (Fsp3) is 0.381. The number of amides is 2. The Hall–Kier alpha value is -1.67. The zero-order chi connectivity index (χ0) is 19.8. The molecule has 0 radical (unpaired) electrons. The average molecular weight is 417 g/mol. The highest BCUT2D eigenvalue weighted by molar-refractivity contribution is 7.96. The molecule has 0 atom stereocenters. The molecule has 0 spiro atoms. The molecule has 0 bridgehead atoms. The van der Waals surface area contributed by atoms with Gasteiger partial charge in [0.15, 0.2) is 0 Å². The second-order valence-corrected chi connectivity index (χ2v) is 8.38. The Balaban J connectivity index is 1.42. The molecular formula is C21H28N4OS2. The minimum Gasteiger partial charge on any atom is -0.252 e. The highest BCUT2D eigenvalue weighted by Crippen LogP contribution is 2.23. The van der Waals surface area contributed by atoms with E-state index in [0.29, 0.717) is 13.1 Å². The highest BCUT2D eigenvalue weighted by Gasteiger charge is 2.29. The standard InChI is InChI=1S/C21H28N4OS2/c1-3-17-9-5-7-11-19(17)15-22-27-24-13-14-25(21(24)26)28-23-16-20-12-8-6-10-18(20)4-2/h5-12,22-23H,3-4,13-16H2,1-2H3. The molecule has 2 N–H and O–H groups in total. The van der Waals surface area contributed by atoms with E-state index in [0.717, 1.165) is 25.9 Å². The van der Waals surface area contributed by atoms with Crippen LogP contribution in [-0.2, 0) is 25.9 Å². The SMILES string of the molecule is CCc1ccccc1CNSN1CCN(SNCc2ccccc2CC)C1=O. The lowest BCUT2D eigenvalue weighted by Gasteiger charge is -2.18. The van der Waals surface area contributed by atoms with Gasteiger partial charge >= 0.3 is 6.03 Å². The summed E-state index contributed by atoms with van der Waals surface area (Å²) in [6, 6.07) is 16.9. The Morgan fingerprint density at radius 2 is 1.14 bits per heavy atom. The predicted molar refractivity (Wildman–Crippen MR) is 119 cm³/mol. The van der Waals surface area contributed by atoms with Crippen molar-refractivity contribution < 1.29 is 4.79 Å². The number of rotatable bonds is 10. The van der Waals surface area contributed by atoms with Gasteiger partial charge in [0.1, 0.15) is 0 Å². The van der Waals surface area contributed by atoms with Gasteiger partial charge in [-0.2, -0.15) is 0 Å². The average Bonchev–Trinajstić information content (AvgIpc) is 3.08. The molecule has 28 heavy (non-hydrogen) atoms. The van der Waals surface area contributed by atoms with Crippen molar-refractivity contribution in [2.75, 3.05) is 13.1 Å². The Morgan fingerprint density at radius 1 is 0.750 bits per heavy atom. The lowest BCUT2D eigenvalue weighted by molar-refractivity contribution is 0.227. The molecule has 3 rings (SSSR count). The maximum absolute atomic E-state index is 12.6. The van der Waals surface area contributed by atoms with Crippen LogP contribution in [0.3, 0.4) is 0 Å². The topological polar surface area (TPSA) is 47.6 Å². The molecule has 7 heteroatoms. The van der Waals surface area contributed by atoms with E-state index in [2.05, 4.69) is 71.8 Å². The third kappa shape index (κ3) is 5.44. The first-order valence-corrected chi connectivity index (χ1v) is 11.3. The fourth-order valence-corrected chi connectivity index (χ4v) is 4.69. The van der Waals surface area contributed by atoms with Gasteiger partial charge in [0.05, 0.1) is 13.1 Å². The molecule has 0 saturated carbocycles. The summed E-state index contributed by atoms with van der Waals surface area (Å²) in [6.07, 6.45) is 2.03. The van der Waals surface area contributed by atoms with Crippen LogP contribution in [0.4, 0.5) is 4.79 Å². The molecule has 2 aromatic carbocycles. The lowest BCUT2D eigenvalue weighted by Crippen LogP contribution is -2.28. The summed E-state index contributed by atoms with van der Waals surface area (Å²) in [6.45, 7) is 7.25. The molecule has 1 aliphatic rings. The van der Waals surface area contributed by atoms with Crippen molar-refractivity contribution in [1.82, 2.24) is 18.1 Å². The van der Waals surface area contributed by atoms with Gasteiger partial charge in [0, 0.05) is 37.4 Å². The second kappa shape index (κ2) is 10.8. The molecule has 2 amide bonds. The maximum Gasteiger partial charge on any atom is 0.342 e. The summed E-state index contributed by atoms with van der Waals surface area (Å²) in [7, 11) is 0. The lowest BCUT2D eigenvalue weighted by atomic mass is 10.1. The van der Waals surface area contributed by atoms with Crippen molar-refractivity contribution in [1.29, 1.82) is 0 Å². The van der Waals surface area contributed by atoms with E-state index >= 15 is 0 Å². The van der Waals surface area contributed by atoms with Crippen LogP contribution in [0.25, 0.3) is 0 Å². The molecule has 150 valence electrons. The van der Waals surface area contributed by atoms with E-state index in [4.69, 9.17) is 0 Å². The second-order valence-electron chi connectivity index (χ2n) is 6.56. The zero-order valence-corrected chi connectivity index (χ0v) is 18.1. The fourth-order valence-electron chi connectivity index (χ4n) is 3.19. The molecule has 0 aliphatic carbocycles. The molecule has 2 aromatic rings. The van der Waals surface area contributed by atoms with E-state index in [9.17, 15) is 4.79 Å².